The Labute approximate surface area is 111 Å². The van der Waals surface area contributed by atoms with Gasteiger partial charge in [0.1, 0.15) is 0 Å². The van der Waals surface area contributed by atoms with Gasteiger partial charge in [0.15, 0.2) is 5.84 Å². The summed E-state index contributed by atoms with van der Waals surface area (Å²) in [6.45, 7) is 1.56. The highest BCUT2D eigenvalue weighted by Crippen LogP contribution is 2.12. The number of ether oxygens (including phenoxy) is 1. The van der Waals surface area contributed by atoms with Crippen molar-refractivity contribution in [1.82, 2.24) is 5.32 Å². The molecule has 1 aromatic carbocycles. The van der Waals surface area contributed by atoms with Gasteiger partial charge in [-0.2, -0.15) is 0 Å². The van der Waals surface area contributed by atoms with Crippen molar-refractivity contribution in [3.8, 4) is 0 Å². The number of rotatable bonds is 4. The molecule has 1 aliphatic rings. The van der Waals surface area contributed by atoms with E-state index < -0.39 is 0 Å². The SMILES string of the molecule is NC(=NO)c1cccc(CNC(=O)C2CCOC2)c1. The Morgan fingerprint density at radius 3 is 3.11 bits per heavy atom. The van der Waals surface area contributed by atoms with E-state index in [2.05, 4.69) is 10.5 Å². The van der Waals surface area contributed by atoms with E-state index in [0.29, 0.717) is 25.3 Å². The third kappa shape index (κ3) is 3.45. The Hall–Kier alpha value is -2.08. The number of nitrogens with one attached hydrogen (secondary N) is 1. The van der Waals surface area contributed by atoms with Crippen molar-refractivity contribution in [3.05, 3.63) is 35.4 Å². The first kappa shape index (κ1) is 13.4. The standard InChI is InChI=1S/C13H17N3O3/c14-12(16-18)10-3-1-2-9(6-10)7-15-13(17)11-4-5-19-8-11/h1-3,6,11,18H,4-5,7-8H2,(H2,14,16)(H,15,17). The fraction of sp³-hybridized carbons (Fsp3) is 0.385. The highest BCUT2D eigenvalue weighted by molar-refractivity contribution is 5.97. The van der Waals surface area contributed by atoms with Gasteiger partial charge in [0.25, 0.3) is 0 Å². The predicted molar refractivity (Wildman–Crippen MR) is 69.7 cm³/mol. The maximum absolute atomic E-state index is 11.8. The molecule has 0 saturated carbocycles. The summed E-state index contributed by atoms with van der Waals surface area (Å²) in [5.74, 6) is 0.0105. The van der Waals surface area contributed by atoms with Gasteiger partial charge < -0.3 is 21.0 Å². The number of benzene rings is 1. The fourth-order valence-electron chi connectivity index (χ4n) is 1.97. The zero-order valence-electron chi connectivity index (χ0n) is 10.5. The number of amides is 1. The quantitative estimate of drug-likeness (QED) is 0.318. The van der Waals surface area contributed by atoms with Crippen LogP contribution in [0.2, 0.25) is 0 Å². The van der Waals surface area contributed by atoms with Crippen LogP contribution in [0.1, 0.15) is 17.5 Å². The summed E-state index contributed by atoms with van der Waals surface area (Å²) < 4.78 is 5.17. The molecule has 1 fully saturated rings. The van der Waals surface area contributed by atoms with Crippen LogP contribution in [0.3, 0.4) is 0 Å². The second kappa shape index (κ2) is 6.19. The molecule has 1 saturated heterocycles. The van der Waals surface area contributed by atoms with Gasteiger partial charge in [-0.1, -0.05) is 23.4 Å². The molecule has 1 aromatic rings. The van der Waals surface area contributed by atoms with Gasteiger partial charge in [-0.25, -0.2) is 0 Å². The van der Waals surface area contributed by atoms with Crippen molar-refractivity contribution in [2.75, 3.05) is 13.2 Å². The molecule has 6 nitrogen and oxygen atoms in total. The van der Waals surface area contributed by atoms with Crippen molar-refractivity contribution in [2.24, 2.45) is 16.8 Å². The van der Waals surface area contributed by atoms with Gasteiger partial charge in [-0.15, -0.1) is 0 Å². The summed E-state index contributed by atoms with van der Waals surface area (Å²) in [4.78, 5) is 11.8. The Morgan fingerprint density at radius 2 is 2.42 bits per heavy atom. The zero-order valence-corrected chi connectivity index (χ0v) is 10.5. The molecule has 1 unspecified atom stereocenters. The van der Waals surface area contributed by atoms with Crippen molar-refractivity contribution < 1.29 is 14.7 Å². The first-order chi connectivity index (χ1) is 9.20. The molecule has 1 heterocycles. The van der Waals surface area contributed by atoms with Crippen LogP contribution in [0.4, 0.5) is 0 Å². The molecule has 1 atom stereocenters. The molecule has 4 N–H and O–H groups in total. The summed E-state index contributed by atoms with van der Waals surface area (Å²) in [6, 6.07) is 7.19. The van der Waals surface area contributed by atoms with E-state index in [1.807, 2.05) is 6.07 Å². The summed E-state index contributed by atoms with van der Waals surface area (Å²) >= 11 is 0. The molecule has 102 valence electrons. The van der Waals surface area contributed by atoms with Crippen LogP contribution in [-0.2, 0) is 16.1 Å². The summed E-state index contributed by atoms with van der Waals surface area (Å²) in [6.07, 6.45) is 0.774. The second-order valence-electron chi connectivity index (χ2n) is 4.46. The number of carbonyl (C=O) groups excluding carboxylic acids is 1. The van der Waals surface area contributed by atoms with E-state index in [1.165, 1.54) is 0 Å². The normalized spacial score (nSPS) is 19.4. The van der Waals surface area contributed by atoms with Crippen LogP contribution < -0.4 is 11.1 Å². The maximum Gasteiger partial charge on any atom is 0.225 e. The summed E-state index contributed by atoms with van der Waals surface area (Å²) in [5, 5.41) is 14.4. The van der Waals surface area contributed by atoms with Gasteiger partial charge in [0.05, 0.1) is 12.5 Å². The molecule has 1 amide bonds. The fourth-order valence-corrected chi connectivity index (χ4v) is 1.97. The van der Waals surface area contributed by atoms with E-state index in [9.17, 15) is 4.79 Å². The van der Waals surface area contributed by atoms with Gasteiger partial charge in [0, 0.05) is 18.7 Å². The molecule has 0 radical (unpaired) electrons. The lowest BCUT2D eigenvalue weighted by molar-refractivity contribution is -0.125. The maximum atomic E-state index is 11.8. The smallest absolute Gasteiger partial charge is 0.225 e. The lowest BCUT2D eigenvalue weighted by Crippen LogP contribution is -2.30. The molecular formula is C13H17N3O3. The second-order valence-corrected chi connectivity index (χ2v) is 4.46. The Morgan fingerprint density at radius 1 is 1.58 bits per heavy atom. The number of nitrogens with zero attached hydrogens (tertiary/aromatic N) is 1. The minimum Gasteiger partial charge on any atom is -0.409 e. The highest BCUT2D eigenvalue weighted by atomic mass is 16.5. The average Bonchev–Trinajstić information content (AvgIpc) is 2.98. The van der Waals surface area contributed by atoms with Crippen LogP contribution >= 0.6 is 0 Å². The lowest BCUT2D eigenvalue weighted by atomic mass is 10.1. The number of carbonyl (C=O) groups is 1. The first-order valence-electron chi connectivity index (χ1n) is 6.13. The third-order valence-corrected chi connectivity index (χ3v) is 3.10. The van der Waals surface area contributed by atoms with Crippen LogP contribution in [-0.4, -0.2) is 30.2 Å². The van der Waals surface area contributed by atoms with E-state index in [-0.39, 0.29) is 17.7 Å². The van der Waals surface area contributed by atoms with Crippen LogP contribution in [0.25, 0.3) is 0 Å². The number of hydrogen-bond acceptors (Lipinski definition) is 4. The van der Waals surface area contributed by atoms with Gasteiger partial charge >= 0.3 is 0 Å². The van der Waals surface area contributed by atoms with Crippen LogP contribution in [0.15, 0.2) is 29.4 Å². The molecule has 0 bridgehead atoms. The molecule has 1 aliphatic heterocycles. The predicted octanol–water partition coefficient (Wildman–Crippen LogP) is 0.434. The average molecular weight is 263 g/mol. The monoisotopic (exact) mass is 263 g/mol. The summed E-state index contributed by atoms with van der Waals surface area (Å²) in [5.41, 5.74) is 7.04. The molecular weight excluding hydrogens is 246 g/mol. The van der Waals surface area contributed by atoms with Gasteiger partial charge in [-0.3, -0.25) is 4.79 Å². The van der Waals surface area contributed by atoms with E-state index in [4.69, 9.17) is 15.7 Å². The van der Waals surface area contributed by atoms with Crippen molar-refractivity contribution in [1.29, 1.82) is 0 Å². The van der Waals surface area contributed by atoms with E-state index >= 15 is 0 Å². The van der Waals surface area contributed by atoms with E-state index in [0.717, 1.165) is 12.0 Å². The largest absolute Gasteiger partial charge is 0.409 e. The van der Waals surface area contributed by atoms with Crippen molar-refractivity contribution in [2.45, 2.75) is 13.0 Å². The van der Waals surface area contributed by atoms with Crippen LogP contribution in [0, 0.1) is 5.92 Å². The van der Waals surface area contributed by atoms with E-state index in [1.54, 1.807) is 18.2 Å². The molecule has 6 heteroatoms. The molecule has 19 heavy (non-hydrogen) atoms. The zero-order chi connectivity index (χ0) is 13.7. The molecule has 0 aliphatic carbocycles. The first-order valence-corrected chi connectivity index (χ1v) is 6.13. The molecule has 0 spiro atoms. The van der Waals surface area contributed by atoms with Crippen molar-refractivity contribution in [3.63, 3.8) is 0 Å². The topological polar surface area (TPSA) is 96.9 Å². The highest BCUT2D eigenvalue weighted by Gasteiger charge is 2.22. The third-order valence-electron chi connectivity index (χ3n) is 3.10. The minimum absolute atomic E-state index is 0.00620. The lowest BCUT2D eigenvalue weighted by Gasteiger charge is -2.10. The van der Waals surface area contributed by atoms with Gasteiger partial charge in [0.2, 0.25) is 5.91 Å². The molecule has 0 aromatic heterocycles. The number of hydrogen-bond donors (Lipinski definition) is 3. The number of amidine groups is 1. The number of nitrogens with two attached hydrogens (primary N) is 1. The molecule has 2 rings (SSSR count). The number of oxime groups is 1. The van der Waals surface area contributed by atoms with Gasteiger partial charge in [-0.05, 0) is 18.1 Å². The Kier molecular flexibility index (Phi) is 4.35. The Balaban J connectivity index is 1.94. The Bertz CT molecular complexity index is 482. The minimum atomic E-state index is -0.0488. The van der Waals surface area contributed by atoms with Crippen LogP contribution in [0.5, 0.6) is 0 Å². The summed E-state index contributed by atoms with van der Waals surface area (Å²) in [7, 11) is 0. The van der Waals surface area contributed by atoms with Crippen molar-refractivity contribution >= 4 is 11.7 Å².